The van der Waals surface area contributed by atoms with Gasteiger partial charge in [0.05, 0.1) is 0 Å². The van der Waals surface area contributed by atoms with Crippen molar-refractivity contribution in [3.8, 4) is 0 Å². The Kier molecular flexibility index (Phi) is 2.69. The fraction of sp³-hybridized carbons (Fsp3) is 0.667. The molecule has 1 radical (unpaired) electrons. The third-order valence-electron chi connectivity index (χ3n) is 1.66. The van der Waals surface area contributed by atoms with Crippen LogP contribution in [-0.2, 0) is 6.42 Å². The van der Waals surface area contributed by atoms with E-state index in [1.807, 2.05) is 6.92 Å². The number of rotatable bonds is 3. The number of aromatic nitrogens is 2. The largest absolute Gasteiger partial charge is 0.346 e. The first kappa shape index (κ1) is 8.31. The monoisotopic (exact) mass is 151 g/mol. The van der Waals surface area contributed by atoms with Crippen LogP contribution in [0.15, 0.2) is 0 Å². The normalized spacial score (nSPS) is 10.9. The molecule has 1 heterocycles. The summed E-state index contributed by atoms with van der Waals surface area (Å²) in [6.07, 6.45) is 5.23. The zero-order valence-electron chi connectivity index (χ0n) is 7.44. The molecule has 0 atom stereocenters. The van der Waals surface area contributed by atoms with E-state index in [0.717, 1.165) is 23.9 Å². The van der Waals surface area contributed by atoms with Gasteiger partial charge in [0.15, 0.2) is 0 Å². The Labute approximate surface area is 68.0 Å². The lowest BCUT2D eigenvalue weighted by molar-refractivity contribution is 0.582. The second-order valence-electron chi connectivity index (χ2n) is 3.35. The average Bonchev–Trinajstić information content (AvgIpc) is 2.31. The number of aromatic amines is 1. The van der Waals surface area contributed by atoms with Crippen LogP contribution in [0.25, 0.3) is 0 Å². The lowest BCUT2D eigenvalue weighted by Crippen LogP contribution is -1.92. The van der Waals surface area contributed by atoms with Crippen molar-refractivity contribution in [3.63, 3.8) is 0 Å². The van der Waals surface area contributed by atoms with Crippen LogP contribution in [0.3, 0.4) is 0 Å². The Bertz CT molecular complexity index is 213. The van der Waals surface area contributed by atoms with Gasteiger partial charge in [0.25, 0.3) is 0 Å². The fourth-order valence-electron chi connectivity index (χ4n) is 0.977. The molecule has 2 nitrogen and oxygen atoms in total. The van der Waals surface area contributed by atoms with E-state index in [1.165, 1.54) is 6.42 Å². The van der Waals surface area contributed by atoms with E-state index in [1.54, 1.807) is 0 Å². The maximum absolute atomic E-state index is 4.01. The lowest BCUT2D eigenvalue weighted by Gasteiger charge is -2.00. The van der Waals surface area contributed by atoms with Gasteiger partial charge in [-0.15, -0.1) is 0 Å². The molecule has 0 fully saturated rings. The van der Waals surface area contributed by atoms with E-state index in [-0.39, 0.29) is 0 Å². The van der Waals surface area contributed by atoms with Gasteiger partial charge in [-0.1, -0.05) is 13.8 Å². The van der Waals surface area contributed by atoms with Crippen molar-refractivity contribution in [2.45, 2.75) is 33.6 Å². The summed E-state index contributed by atoms with van der Waals surface area (Å²) < 4.78 is 0. The summed E-state index contributed by atoms with van der Waals surface area (Å²) in [6, 6.07) is 0. The van der Waals surface area contributed by atoms with Crippen LogP contribution < -0.4 is 0 Å². The van der Waals surface area contributed by atoms with Crippen molar-refractivity contribution in [1.29, 1.82) is 0 Å². The molecule has 1 N–H and O–H groups in total. The van der Waals surface area contributed by atoms with Gasteiger partial charge in [-0.2, -0.15) is 0 Å². The van der Waals surface area contributed by atoms with Crippen molar-refractivity contribution >= 4 is 0 Å². The Balaban J connectivity index is 2.39. The average molecular weight is 151 g/mol. The van der Waals surface area contributed by atoms with Crippen LogP contribution in [0.1, 0.15) is 31.8 Å². The number of hydrogen-bond donors (Lipinski definition) is 1. The quantitative estimate of drug-likeness (QED) is 0.704. The predicted molar refractivity (Wildman–Crippen MR) is 45.3 cm³/mol. The number of nitrogens with zero attached hydrogens (tertiary/aromatic N) is 1. The van der Waals surface area contributed by atoms with E-state index in [0.29, 0.717) is 0 Å². The molecule has 1 rings (SSSR count). The predicted octanol–water partition coefficient (Wildman–Crippen LogP) is 2.11. The van der Waals surface area contributed by atoms with Gasteiger partial charge < -0.3 is 4.98 Å². The minimum Gasteiger partial charge on any atom is -0.346 e. The van der Waals surface area contributed by atoms with Crippen LogP contribution in [0, 0.1) is 19.0 Å². The fourth-order valence-corrected chi connectivity index (χ4v) is 0.977. The van der Waals surface area contributed by atoms with E-state index >= 15 is 0 Å². The zero-order valence-corrected chi connectivity index (χ0v) is 7.44. The molecule has 0 aliphatic carbocycles. The zero-order chi connectivity index (χ0) is 8.27. The topological polar surface area (TPSA) is 28.7 Å². The smallest absolute Gasteiger partial charge is 0.112 e. The number of nitrogens with one attached hydrogen (secondary N) is 1. The summed E-state index contributed by atoms with van der Waals surface area (Å²) in [5, 5.41) is 0. The first-order valence-electron chi connectivity index (χ1n) is 4.11. The molecule has 11 heavy (non-hydrogen) atoms. The molecule has 0 saturated carbocycles. The Hall–Kier alpha value is -0.790. The van der Waals surface area contributed by atoms with Gasteiger partial charge in [0.1, 0.15) is 12.0 Å². The van der Waals surface area contributed by atoms with Crippen molar-refractivity contribution in [1.82, 2.24) is 9.97 Å². The standard InChI is InChI=1S/C9H15N2/c1-7(2)4-5-9-6-10-8(3)11-9/h7H,4-5H2,1-3H3,(H,10,11). The highest BCUT2D eigenvalue weighted by atomic mass is 14.9. The molecule has 1 aromatic rings. The molecule has 0 saturated heterocycles. The molecule has 0 unspecified atom stereocenters. The van der Waals surface area contributed by atoms with E-state index in [4.69, 9.17) is 0 Å². The summed E-state index contributed by atoms with van der Waals surface area (Å²) in [4.78, 5) is 7.18. The Morgan fingerprint density at radius 3 is 2.73 bits per heavy atom. The van der Waals surface area contributed by atoms with Crippen molar-refractivity contribution in [2.24, 2.45) is 5.92 Å². The van der Waals surface area contributed by atoms with E-state index in [2.05, 4.69) is 30.0 Å². The molecular formula is C9H15N2. The molecule has 0 aromatic carbocycles. The number of hydrogen-bond acceptors (Lipinski definition) is 1. The molecule has 0 bridgehead atoms. The van der Waals surface area contributed by atoms with Crippen LogP contribution in [0.2, 0.25) is 0 Å². The van der Waals surface area contributed by atoms with Gasteiger partial charge in [-0.25, -0.2) is 4.98 Å². The lowest BCUT2D eigenvalue weighted by atomic mass is 10.1. The SMILES string of the molecule is Cc1n[c]c(CCC(C)C)[nH]1. The summed E-state index contributed by atoms with van der Waals surface area (Å²) in [5.74, 6) is 1.72. The van der Waals surface area contributed by atoms with E-state index in [9.17, 15) is 0 Å². The van der Waals surface area contributed by atoms with Crippen LogP contribution >= 0.6 is 0 Å². The Morgan fingerprint density at radius 1 is 1.55 bits per heavy atom. The van der Waals surface area contributed by atoms with Gasteiger partial charge in [-0.05, 0) is 25.7 Å². The third-order valence-corrected chi connectivity index (χ3v) is 1.66. The summed E-state index contributed by atoms with van der Waals surface area (Å²) in [5.41, 5.74) is 1.14. The van der Waals surface area contributed by atoms with Crippen molar-refractivity contribution < 1.29 is 0 Å². The van der Waals surface area contributed by atoms with Crippen molar-refractivity contribution in [2.75, 3.05) is 0 Å². The van der Waals surface area contributed by atoms with Gasteiger partial charge in [0, 0.05) is 5.69 Å². The minimum atomic E-state index is 0.756. The third kappa shape index (κ3) is 2.74. The summed E-state index contributed by atoms with van der Waals surface area (Å²) >= 11 is 0. The molecule has 0 aliphatic rings. The first-order valence-corrected chi connectivity index (χ1v) is 4.11. The molecule has 2 heteroatoms. The highest BCUT2D eigenvalue weighted by molar-refractivity contribution is 4.97. The second kappa shape index (κ2) is 3.56. The van der Waals surface area contributed by atoms with Crippen LogP contribution in [-0.4, -0.2) is 9.97 Å². The van der Waals surface area contributed by atoms with Crippen LogP contribution in [0.5, 0.6) is 0 Å². The highest BCUT2D eigenvalue weighted by Gasteiger charge is 1.99. The van der Waals surface area contributed by atoms with Gasteiger partial charge in [-0.3, -0.25) is 0 Å². The second-order valence-corrected chi connectivity index (χ2v) is 3.35. The first-order chi connectivity index (χ1) is 5.18. The maximum Gasteiger partial charge on any atom is 0.112 e. The summed E-state index contributed by atoms with van der Waals surface area (Å²) in [6.45, 7) is 6.40. The molecular weight excluding hydrogens is 136 g/mol. The number of H-pyrrole nitrogens is 1. The summed E-state index contributed by atoms with van der Waals surface area (Å²) in [7, 11) is 0. The number of imidazole rings is 1. The molecule has 1 aromatic heterocycles. The van der Waals surface area contributed by atoms with E-state index < -0.39 is 0 Å². The molecule has 0 aliphatic heterocycles. The minimum absolute atomic E-state index is 0.756. The van der Waals surface area contributed by atoms with Gasteiger partial charge in [0.2, 0.25) is 0 Å². The molecule has 0 amide bonds. The maximum atomic E-state index is 4.01. The van der Waals surface area contributed by atoms with Crippen molar-refractivity contribution in [3.05, 3.63) is 17.7 Å². The molecule has 61 valence electrons. The number of aryl methyl sites for hydroxylation is 2. The highest BCUT2D eigenvalue weighted by Crippen LogP contribution is 2.05. The van der Waals surface area contributed by atoms with Crippen LogP contribution in [0.4, 0.5) is 0 Å². The Morgan fingerprint density at radius 2 is 2.27 bits per heavy atom. The van der Waals surface area contributed by atoms with Gasteiger partial charge >= 0.3 is 0 Å². The molecule has 0 spiro atoms.